The Hall–Kier alpha value is -2.12. The van der Waals surface area contributed by atoms with Gasteiger partial charge in [0.25, 0.3) is 0 Å². The number of hydrogen-bond donors (Lipinski definition) is 1. The molecule has 0 bridgehead atoms. The molecule has 1 N–H and O–H groups in total. The van der Waals surface area contributed by atoms with Gasteiger partial charge in [0, 0.05) is 18.0 Å². The van der Waals surface area contributed by atoms with E-state index >= 15 is 0 Å². The molecule has 0 saturated carbocycles. The lowest BCUT2D eigenvalue weighted by Gasteiger charge is -2.20. The van der Waals surface area contributed by atoms with Crippen LogP contribution < -0.4 is 4.74 Å². The minimum Gasteiger partial charge on any atom is -0.426 e. The van der Waals surface area contributed by atoms with E-state index < -0.39 is 18.0 Å². The molecule has 2 rings (SSSR count). The highest BCUT2D eigenvalue weighted by molar-refractivity contribution is 5.57. The van der Waals surface area contributed by atoms with E-state index in [2.05, 4.69) is 14.7 Å². The topological polar surface area (TPSA) is 37.9 Å². The van der Waals surface area contributed by atoms with Gasteiger partial charge in [-0.1, -0.05) is 12.1 Å². The molecular formula is C11H7F5N2O. The lowest BCUT2D eigenvalue weighted by molar-refractivity contribution is -0.360. The van der Waals surface area contributed by atoms with Gasteiger partial charge < -0.3 is 9.72 Å². The molecule has 0 aliphatic rings. The van der Waals surface area contributed by atoms with E-state index in [1.54, 1.807) is 0 Å². The average Bonchev–Trinajstić information content (AvgIpc) is 2.80. The molecule has 0 spiro atoms. The molecule has 2 aromatic rings. The largest absolute Gasteiger partial charge is 0.499 e. The molecule has 0 amide bonds. The smallest absolute Gasteiger partial charge is 0.426 e. The van der Waals surface area contributed by atoms with Gasteiger partial charge in [0.05, 0.1) is 0 Å². The summed E-state index contributed by atoms with van der Waals surface area (Å²) < 4.78 is 65.1. The molecule has 1 aromatic heterocycles. The third kappa shape index (κ3) is 2.83. The van der Waals surface area contributed by atoms with E-state index in [1.165, 1.54) is 24.5 Å². The molecule has 0 fully saturated rings. The van der Waals surface area contributed by atoms with Gasteiger partial charge in [-0.2, -0.15) is 22.0 Å². The van der Waals surface area contributed by atoms with Crippen molar-refractivity contribution in [1.82, 2.24) is 9.97 Å². The number of halogens is 5. The monoisotopic (exact) mass is 278 g/mol. The summed E-state index contributed by atoms with van der Waals surface area (Å²) in [6, 6.07) is 4.83. The zero-order valence-electron chi connectivity index (χ0n) is 9.21. The van der Waals surface area contributed by atoms with Gasteiger partial charge in [-0.05, 0) is 12.1 Å². The number of imidazole rings is 1. The van der Waals surface area contributed by atoms with Gasteiger partial charge in [-0.15, -0.1) is 0 Å². The Balaban J connectivity index is 2.26. The maximum absolute atomic E-state index is 12.7. The summed E-state index contributed by atoms with van der Waals surface area (Å²) in [5.74, 6) is -0.267. The van der Waals surface area contributed by atoms with E-state index in [0.29, 0.717) is 11.4 Å². The highest BCUT2D eigenvalue weighted by atomic mass is 19.4. The first-order valence-electron chi connectivity index (χ1n) is 5.03. The second-order valence-corrected chi connectivity index (χ2v) is 3.58. The summed E-state index contributed by atoms with van der Waals surface area (Å²) in [4.78, 5) is 6.55. The Kier molecular flexibility index (Phi) is 3.17. The van der Waals surface area contributed by atoms with Gasteiger partial charge >= 0.3 is 12.3 Å². The first-order valence-corrected chi connectivity index (χ1v) is 5.03. The van der Waals surface area contributed by atoms with E-state index in [0.717, 1.165) is 12.1 Å². The number of H-pyrrole nitrogens is 1. The lowest BCUT2D eigenvalue weighted by atomic mass is 10.2. The minimum atomic E-state index is -5.77. The number of nitrogens with zero attached hydrogens (tertiary/aromatic N) is 1. The van der Waals surface area contributed by atoms with Crippen LogP contribution in [0.1, 0.15) is 0 Å². The molecule has 0 saturated heterocycles. The predicted molar refractivity (Wildman–Crippen MR) is 55.7 cm³/mol. The third-order valence-corrected chi connectivity index (χ3v) is 2.18. The molecule has 8 heteroatoms. The zero-order valence-corrected chi connectivity index (χ0v) is 9.21. The Morgan fingerprint density at radius 3 is 2.42 bits per heavy atom. The first-order chi connectivity index (χ1) is 8.79. The van der Waals surface area contributed by atoms with Crippen LogP contribution in [0.4, 0.5) is 22.0 Å². The third-order valence-electron chi connectivity index (χ3n) is 2.18. The number of aromatic amines is 1. The van der Waals surface area contributed by atoms with E-state index in [4.69, 9.17) is 0 Å². The van der Waals surface area contributed by atoms with E-state index in [-0.39, 0.29) is 0 Å². The molecule has 0 aliphatic heterocycles. The Morgan fingerprint density at radius 1 is 1.11 bits per heavy atom. The number of nitrogens with one attached hydrogen (secondary N) is 1. The van der Waals surface area contributed by atoms with Crippen LogP contribution >= 0.6 is 0 Å². The molecule has 1 heterocycles. The van der Waals surface area contributed by atoms with Gasteiger partial charge in [0.15, 0.2) is 0 Å². The van der Waals surface area contributed by atoms with E-state index in [9.17, 15) is 22.0 Å². The van der Waals surface area contributed by atoms with Crippen LogP contribution in [0.5, 0.6) is 5.75 Å². The molecule has 3 nitrogen and oxygen atoms in total. The fourth-order valence-electron chi connectivity index (χ4n) is 1.34. The van der Waals surface area contributed by atoms with Crippen LogP contribution in [0.3, 0.4) is 0 Å². The van der Waals surface area contributed by atoms with Gasteiger partial charge in [0.1, 0.15) is 11.6 Å². The van der Waals surface area contributed by atoms with Crippen LogP contribution in [0.25, 0.3) is 11.4 Å². The summed E-state index contributed by atoms with van der Waals surface area (Å²) in [5, 5.41) is 0. The maximum atomic E-state index is 12.7. The van der Waals surface area contributed by atoms with Crippen molar-refractivity contribution in [3.05, 3.63) is 36.7 Å². The molecule has 19 heavy (non-hydrogen) atoms. The van der Waals surface area contributed by atoms with E-state index in [1.807, 2.05) is 0 Å². The average molecular weight is 278 g/mol. The zero-order chi connectivity index (χ0) is 14.1. The van der Waals surface area contributed by atoms with Crippen molar-refractivity contribution < 1.29 is 26.7 Å². The number of alkyl halides is 5. The number of hydrogen-bond acceptors (Lipinski definition) is 2. The Bertz CT molecular complexity index is 550. The summed E-state index contributed by atoms with van der Waals surface area (Å²) in [6.45, 7) is 0. The predicted octanol–water partition coefficient (Wildman–Crippen LogP) is 3.61. The summed E-state index contributed by atoms with van der Waals surface area (Å²) in [7, 11) is 0. The number of aromatic nitrogens is 2. The van der Waals surface area contributed by atoms with Gasteiger partial charge in [-0.25, -0.2) is 4.98 Å². The molecular weight excluding hydrogens is 271 g/mol. The van der Waals surface area contributed by atoms with Crippen LogP contribution in [-0.2, 0) is 0 Å². The van der Waals surface area contributed by atoms with Gasteiger partial charge in [0.2, 0.25) is 0 Å². The van der Waals surface area contributed by atoms with Crippen molar-refractivity contribution in [1.29, 1.82) is 0 Å². The molecule has 1 aromatic carbocycles. The molecule has 102 valence electrons. The van der Waals surface area contributed by atoms with Gasteiger partial charge in [-0.3, -0.25) is 0 Å². The fraction of sp³-hybridized carbons (Fsp3) is 0.182. The second kappa shape index (κ2) is 4.52. The Labute approximate surface area is 104 Å². The number of benzene rings is 1. The van der Waals surface area contributed by atoms with Crippen LogP contribution in [0, 0.1) is 0 Å². The summed E-state index contributed by atoms with van der Waals surface area (Å²) >= 11 is 0. The molecule has 0 radical (unpaired) electrons. The molecule has 0 atom stereocenters. The standard InChI is InChI=1S/C11H7F5N2O/c12-10(13,14)11(15,16)19-8-3-1-2-7(6-8)9-17-4-5-18-9/h1-6H,(H,17,18). The summed E-state index contributed by atoms with van der Waals surface area (Å²) in [5.41, 5.74) is 0.334. The van der Waals surface area contributed by atoms with Crippen LogP contribution in [0.15, 0.2) is 36.7 Å². The normalized spacial score (nSPS) is 12.5. The quantitative estimate of drug-likeness (QED) is 0.871. The summed E-state index contributed by atoms with van der Waals surface area (Å²) in [6.07, 6.45) is -8.09. The van der Waals surface area contributed by atoms with Crippen molar-refractivity contribution in [3.8, 4) is 17.1 Å². The fourth-order valence-corrected chi connectivity index (χ4v) is 1.34. The maximum Gasteiger partial charge on any atom is 0.499 e. The molecule has 0 unspecified atom stereocenters. The molecule has 0 aliphatic carbocycles. The first kappa shape index (κ1) is 13.3. The van der Waals surface area contributed by atoms with Crippen molar-refractivity contribution in [3.63, 3.8) is 0 Å². The lowest BCUT2D eigenvalue weighted by Crippen LogP contribution is -2.41. The SMILES string of the molecule is FC(F)(F)C(F)(F)Oc1cccc(-c2ncc[nH]2)c1. The minimum absolute atomic E-state index is 0.334. The number of rotatable bonds is 3. The highest BCUT2D eigenvalue weighted by Gasteiger charge is 2.61. The Morgan fingerprint density at radius 2 is 1.84 bits per heavy atom. The number of ether oxygens (including phenoxy) is 1. The van der Waals surface area contributed by atoms with Crippen molar-refractivity contribution in [2.24, 2.45) is 0 Å². The van der Waals surface area contributed by atoms with Crippen LogP contribution in [-0.4, -0.2) is 22.3 Å². The highest BCUT2D eigenvalue weighted by Crippen LogP contribution is 2.37. The van der Waals surface area contributed by atoms with Crippen molar-refractivity contribution in [2.75, 3.05) is 0 Å². The second-order valence-electron chi connectivity index (χ2n) is 3.58. The van der Waals surface area contributed by atoms with Crippen molar-refractivity contribution in [2.45, 2.75) is 12.3 Å². The van der Waals surface area contributed by atoms with Crippen molar-refractivity contribution >= 4 is 0 Å². The van der Waals surface area contributed by atoms with Crippen LogP contribution in [0.2, 0.25) is 0 Å².